The van der Waals surface area contributed by atoms with E-state index in [0.717, 1.165) is 23.3 Å². The van der Waals surface area contributed by atoms with Gasteiger partial charge in [0.1, 0.15) is 5.69 Å². The van der Waals surface area contributed by atoms with Crippen LogP contribution in [0.5, 0.6) is 5.88 Å². The van der Waals surface area contributed by atoms with Crippen molar-refractivity contribution in [3.05, 3.63) is 29.3 Å². The number of halogens is 1. The lowest BCUT2D eigenvalue weighted by atomic mass is 10.4. The molecule has 5 rings (SSSR count). The van der Waals surface area contributed by atoms with E-state index in [1.54, 1.807) is 20.2 Å². The first-order valence-corrected chi connectivity index (χ1v) is 8.86. The molecule has 1 N–H and O–H groups in total. The van der Waals surface area contributed by atoms with Crippen molar-refractivity contribution in [3.63, 3.8) is 0 Å². The first-order chi connectivity index (χ1) is 13.1. The van der Waals surface area contributed by atoms with Gasteiger partial charge >= 0.3 is 0 Å². The Morgan fingerprint density at radius 3 is 2.96 bits per heavy atom. The van der Waals surface area contributed by atoms with Crippen molar-refractivity contribution in [1.82, 2.24) is 39.3 Å². The highest BCUT2D eigenvalue weighted by Gasteiger charge is 2.18. The van der Waals surface area contributed by atoms with E-state index in [1.807, 2.05) is 26.2 Å². The molecule has 0 aliphatic carbocycles. The van der Waals surface area contributed by atoms with Crippen molar-refractivity contribution in [2.24, 2.45) is 7.05 Å². The SMILES string of the molecule is Cc1cc(-n2cc3c(n2)OCCCn2nc(Cl)c4cnc(nc42)N3)n(C)n1. The zero-order valence-corrected chi connectivity index (χ0v) is 15.5. The van der Waals surface area contributed by atoms with Gasteiger partial charge in [0.15, 0.2) is 16.6 Å². The summed E-state index contributed by atoms with van der Waals surface area (Å²) in [5, 5.41) is 17.6. The summed E-state index contributed by atoms with van der Waals surface area (Å²) in [6.07, 6.45) is 4.24. The number of anilines is 2. The van der Waals surface area contributed by atoms with Crippen LogP contribution in [0, 0.1) is 6.92 Å². The number of aryl methyl sites for hydroxylation is 3. The van der Waals surface area contributed by atoms with Crippen molar-refractivity contribution in [2.75, 3.05) is 11.9 Å². The average molecular weight is 386 g/mol. The molecular weight excluding hydrogens is 370 g/mol. The average Bonchev–Trinajstić information content (AvgIpc) is 3.28. The minimum Gasteiger partial charge on any atom is -0.475 e. The maximum absolute atomic E-state index is 6.18. The van der Waals surface area contributed by atoms with E-state index in [1.165, 1.54) is 0 Å². The third-order valence-corrected chi connectivity index (χ3v) is 4.61. The third kappa shape index (κ3) is 2.69. The normalized spacial score (nSPS) is 13.9. The molecule has 0 saturated heterocycles. The van der Waals surface area contributed by atoms with Gasteiger partial charge in [-0.1, -0.05) is 11.6 Å². The summed E-state index contributed by atoms with van der Waals surface area (Å²) >= 11 is 6.18. The molecule has 4 aromatic heterocycles. The third-order valence-electron chi connectivity index (χ3n) is 4.34. The van der Waals surface area contributed by atoms with Gasteiger partial charge in [-0.3, -0.25) is 4.68 Å². The van der Waals surface area contributed by atoms with Crippen molar-refractivity contribution >= 4 is 34.3 Å². The molecule has 11 heteroatoms. The van der Waals surface area contributed by atoms with E-state index in [4.69, 9.17) is 16.3 Å². The predicted octanol–water partition coefficient (Wildman–Crippen LogP) is 2.23. The molecule has 4 aromatic rings. The van der Waals surface area contributed by atoms with Crippen LogP contribution in [0.15, 0.2) is 18.5 Å². The van der Waals surface area contributed by atoms with Crippen LogP contribution in [-0.2, 0) is 13.6 Å². The van der Waals surface area contributed by atoms with Crippen LogP contribution < -0.4 is 10.1 Å². The molecule has 2 bridgehead atoms. The van der Waals surface area contributed by atoms with E-state index in [2.05, 4.69) is 30.6 Å². The van der Waals surface area contributed by atoms with Gasteiger partial charge in [0, 0.05) is 32.3 Å². The zero-order chi connectivity index (χ0) is 18.5. The van der Waals surface area contributed by atoms with Crippen molar-refractivity contribution in [1.29, 1.82) is 0 Å². The predicted molar refractivity (Wildman–Crippen MR) is 98.8 cm³/mol. The number of rotatable bonds is 1. The molecule has 0 aromatic carbocycles. The number of nitrogens with zero attached hydrogens (tertiary/aromatic N) is 8. The second kappa shape index (κ2) is 5.95. The lowest BCUT2D eigenvalue weighted by Gasteiger charge is -2.05. The van der Waals surface area contributed by atoms with Crippen LogP contribution in [-0.4, -0.2) is 45.9 Å². The zero-order valence-electron chi connectivity index (χ0n) is 14.7. The molecule has 0 amide bonds. The fourth-order valence-corrected chi connectivity index (χ4v) is 3.35. The van der Waals surface area contributed by atoms with Crippen molar-refractivity contribution < 1.29 is 4.74 Å². The largest absolute Gasteiger partial charge is 0.475 e. The number of hydrogen-bond donors (Lipinski definition) is 1. The topological polar surface area (TPSA) is 101 Å². The number of aromatic nitrogens is 8. The summed E-state index contributed by atoms with van der Waals surface area (Å²) < 4.78 is 11.2. The molecule has 1 aliphatic heterocycles. The van der Waals surface area contributed by atoms with E-state index < -0.39 is 0 Å². The smallest absolute Gasteiger partial charge is 0.257 e. The molecule has 1 aliphatic rings. The summed E-state index contributed by atoms with van der Waals surface area (Å²) in [5.74, 6) is 1.74. The molecular formula is C16H16ClN9O. The lowest BCUT2D eigenvalue weighted by molar-refractivity contribution is 0.288. The summed E-state index contributed by atoms with van der Waals surface area (Å²) in [6, 6.07) is 1.95. The summed E-state index contributed by atoms with van der Waals surface area (Å²) in [5.41, 5.74) is 2.27. The first kappa shape index (κ1) is 16.1. The Morgan fingerprint density at radius 1 is 1.26 bits per heavy atom. The van der Waals surface area contributed by atoms with Crippen molar-refractivity contribution in [3.8, 4) is 11.7 Å². The van der Waals surface area contributed by atoms with E-state index >= 15 is 0 Å². The van der Waals surface area contributed by atoms with Crippen LogP contribution >= 0.6 is 11.6 Å². The van der Waals surface area contributed by atoms with Gasteiger partial charge in [0.25, 0.3) is 5.88 Å². The van der Waals surface area contributed by atoms with Gasteiger partial charge < -0.3 is 10.1 Å². The highest BCUT2D eigenvalue weighted by atomic mass is 35.5. The van der Waals surface area contributed by atoms with E-state index in [0.29, 0.717) is 41.5 Å². The Kier molecular flexibility index (Phi) is 3.54. The maximum atomic E-state index is 6.18. The molecule has 0 radical (unpaired) electrons. The first-order valence-electron chi connectivity index (χ1n) is 8.48. The van der Waals surface area contributed by atoms with Gasteiger partial charge in [0.05, 0.1) is 23.9 Å². The molecule has 5 heterocycles. The maximum Gasteiger partial charge on any atom is 0.257 e. The fraction of sp³-hybridized carbons (Fsp3) is 0.312. The number of nitrogens with one attached hydrogen (secondary N) is 1. The molecule has 0 fully saturated rings. The van der Waals surface area contributed by atoms with Gasteiger partial charge in [-0.25, -0.2) is 14.3 Å². The number of hydrogen-bond acceptors (Lipinski definition) is 7. The Labute approximate surface area is 158 Å². The molecule has 10 nitrogen and oxygen atoms in total. The van der Waals surface area contributed by atoms with Crippen LogP contribution in [0.25, 0.3) is 16.9 Å². The lowest BCUT2D eigenvalue weighted by Crippen LogP contribution is -2.07. The Morgan fingerprint density at radius 2 is 2.15 bits per heavy atom. The highest BCUT2D eigenvalue weighted by molar-refractivity contribution is 6.34. The van der Waals surface area contributed by atoms with E-state index in [-0.39, 0.29) is 0 Å². The monoisotopic (exact) mass is 385 g/mol. The number of ether oxygens (including phenoxy) is 1. The standard InChI is InChI=1S/C16H16ClN9O/c1-9-6-12(24(2)21-9)26-8-11-15(23-26)27-5-3-4-25-14-10(13(17)22-25)7-18-16(19-11)20-14/h6-8H,3-5H2,1-2H3,(H,18,19,20). The minimum atomic E-state index is 0.398. The molecule has 138 valence electrons. The second-order valence-electron chi connectivity index (χ2n) is 6.33. The van der Waals surface area contributed by atoms with Crippen LogP contribution in [0.4, 0.5) is 11.6 Å². The van der Waals surface area contributed by atoms with Gasteiger partial charge in [0.2, 0.25) is 5.95 Å². The Hall–Kier alpha value is -3.14. The molecule has 0 saturated carbocycles. The van der Waals surface area contributed by atoms with Gasteiger partial charge in [-0.2, -0.15) is 15.2 Å². The van der Waals surface area contributed by atoms with Crippen LogP contribution in [0.3, 0.4) is 0 Å². The molecule has 0 atom stereocenters. The van der Waals surface area contributed by atoms with Gasteiger partial charge in [-0.15, -0.1) is 5.10 Å². The summed E-state index contributed by atoms with van der Waals surface area (Å²) in [6.45, 7) is 3.06. The molecule has 27 heavy (non-hydrogen) atoms. The molecule has 0 unspecified atom stereocenters. The highest BCUT2D eigenvalue weighted by Crippen LogP contribution is 2.29. The number of fused-ring (bicyclic) bond motifs is 2. The quantitative estimate of drug-likeness (QED) is 0.536. The second-order valence-corrected chi connectivity index (χ2v) is 6.69. The van der Waals surface area contributed by atoms with Crippen LogP contribution in [0.1, 0.15) is 12.1 Å². The van der Waals surface area contributed by atoms with E-state index in [9.17, 15) is 0 Å². The molecule has 0 spiro atoms. The fourth-order valence-electron chi connectivity index (χ4n) is 3.12. The summed E-state index contributed by atoms with van der Waals surface area (Å²) in [4.78, 5) is 8.91. The minimum absolute atomic E-state index is 0.398. The Bertz CT molecular complexity index is 1160. The Balaban J connectivity index is 1.60. The van der Waals surface area contributed by atoms with Gasteiger partial charge in [-0.05, 0) is 6.92 Å². The van der Waals surface area contributed by atoms with Crippen LogP contribution in [0.2, 0.25) is 5.15 Å². The van der Waals surface area contributed by atoms with Crippen molar-refractivity contribution in [2.45, 2.75) is 19.9 Å². The summed E-state index contributed by atoms with van der Waals surface area (Å²) in [7, 11) is 1.87.